The minimum Gasteiger partial charge on any atom is -0.508 e. The summed E-state index contributed by atoms with van der Waals surface area (Å²) in [4.78, 5) is 4.67. The van der Waals surface area contributed by atoms with Crippen molar-refractivity contribution >= 4 is 21.6 Å². The largest absolute Gasteiger partial charge is 0.508 e. The fourth-order valence-corrected chi connectivity index (χ4v) is 3.81. The summed E-state index contributed by atoms with van der Waals surface area (Å²) >= 11 is 1.63. The molecule has 4 aromatic rings. The van der Waals surface area contributed by atoms with Crippen molar-refractivity contribution in [2.24, 2.45) is 0 Å². The van der Waals surface area contributed by atoms with Gasteiger partial charge in [-0.2, -0.15) is 0 Å². The van der Waals surface area contributed by atoms with Crippen molar-refractivity contribution in [2.45, 2.75) is 13.1 Å². The van der Waals surface area contributed by atoms with Crippen LogP contribution in [0.5, 0.6) is 5.75 Å². The third-order valence-corrected chi connectivity index (χ3v) is 5.24. The number of para-hydroxylation sites is 1. The van der Waals surface area contributed by atoms with E-state index in [0.29, 0.717) is 13.1 Å². The lowest BCUT2D eigenvalue weighted by Gasteiger charge is -2.09. The molecule has 1 aromatic heterocycles. The van der Waals surface area contributed by atoms with E-state index in [1.54, 1.807) is 23.5 Å². The van der Waals surface area contributed by atoms with E-state index < -0.39 is 0 Å². The van der Waals surface area contributed by atoms with Gasteiger partial charge in [0.2, 0.25) is 0 Å². The number of fused-ring (bicyclic) bond motifs is 1. The summed E-state index contributed by atoms with van der Waals surface area (Å²) in [6.45, 7) is 1.02. The molecule has 0 aliphatic rings. The van der Waals surface area contributed by atoms with Crippen molar-refractivity contribution in [3.05, 3.63) is 83.7 Å². The highest BCUT2D eigenvalue weighted by Crippen LogP contribution is 2.32. The summed E-state index contributed by atoms with van der Waals surface area (Å²) in [5.74, 6) is -0.00779. The van der Waals surface area contributed by atoms with Crippen LogP contribution >= 0.6 is 11.3 Å². The van der Waals surface area contributed by atoms with Gasteiger partial charge in [0.25, 0.3) is 0 Å². The summed E-state index contributed by atoms with van der Waals surface area (Å²) in [7, 11) is 0. The normalized spacial score (nSPS) is 11.1. The van der Waals surface area contributed by atoms with Crippen LogP contribution in [0.25, 0.3) is 20.8 Å². The van der Waals surface area contributed by atoms with Crippen LogP contribution < -0.4 is 5.32 Å². The molecule has 130 valence electrons. The molecule has 3 aromatic carbocycles. The molecule has 1 heterocycles. The molecule has 0 bridgehead atoms. The van der Waals surface area contributed by atoms with E-state index in [9.17, 15) is 9.50 Å². The standard InChI is InChI=1S/C21H17FN2OS/c22-17-5-3-4-14(10-17)12-23-13-16-11-15(8-9-19(16)25)21-24-18-6-1-2-7-20(18)26-21/h1-11,23,25H,12-13H2. The number of hydrogen-bond donors (Lipinski definition) is 2. The third-order valence-electron chi connectivity index (χ3n) is 4.15. The zero-order valence-corrected chi connectivity index (χ0v) is 14.8. The number of hydrogen-bond acceptors (Lipinski definition) is 4. The second-order valence-corrected chi connectivity index (χ2v) is 7.09. The van der Waals surface area contributed by atoms with Crippen LogP contribution in [0.2, 0.25) is 0 Å². The Morgan fingerprint density at radius 3 is 2.69 bits per heavy atom. The van der Waals surface area contributed by atoms with E-state index in [1.807, 2.05) is 36.4 Å². The Bertz CT molecular complexity index is 1030. The molecule has 0 radical (unpaired) electrons. The molecule has 0 amide bonds. The zero-order valence-electron chi connectivity index (χ0n) is 13.9. The second-order valence-electron chi connectivity index (χ2n) is 6.06. The first-order valence-electron chi connectivity index (χ1n) is 8.32. The minimum atomic E-state index is -0.245. The first-order valence-corrected chi connectivity index (χ1v) is 9.14. The molecule has 0 spiro atoms. The summed E-state index contributed by atoms with van der Waals surface area (Å²) in [6.07, 6.45) is 0. The Labute approximate surface area is 154 Å². The van der Waals surface area contributed by atoms with E-state index >= 15 is 0 Å². The van der Waals surface area contributed by atoms with Gasteiger partial charge in [-0.15, -0.1) is 11.3 Å². The van der Waals surface area contributed by atoms with Crippen molar-refractivity contribution in [2.75, 3.05) is 0 Å². The number of halogens is 1. The van der Waals surface area contributed by atoms with Crippen molar-refractivity contribution in [1.29, 1.82) is 0 Å². The number of aromatic nitrogens is 1. The summed E-state index contributed by atoms with van der Waals surface area (Å²) in [5, 5.41) is 14.3. The molecule has 5 heteroatoms. The number of nitrogens with one attached hydrogen (secondary N) is 1. The molecular weight excluding hydrogens is 347 g/mol. The minimum absolute atomic E-state index is 0.238. The maximum Gasteiger partial charge on any atom is 0.124 e. The maximum absolute atomic E-state index is 13.2. The van der Waals surface area contributed by atoms with Gasteiger partial charge in [0, 0.05) is 24.2 Å². The lowest BCUT2D eigenvalue weighted by Crippen LogP contribution is -2.13. The van der Waals surface area contributed by atoms with Gasteiger partial charge >= 0.3 is 0 Å². The highest BCUT2D eigenvalue weighted by molar-refractivity contribution is 7.21. The summed E-state index contributed by atoms with van der Waals surface area (Å²) in [6, 6.07) is 20.0. The van der Waals surface area contributed by atoms with Gasteiger partial charge in [0.15, 0.2) is 0 Å². The van der Waals surface area contributed by atoms with Crippen molar-refractivity contribution < 1.29 is 9.50 Å². The number of phenols is 1. The smallest absolute Gasteiger partial charge is 0.124 e. The van der Waals surface area contributed by atoms with Crippen LogP contribution in [0.3, 0.4) is 0 Å². The van der Waals surface area contributed by atoms with Gasteiger partial charge in [-0.3, -0.25) is 0 Å². The average Bonchev–Trinajstić information content (AvgIpc) is 3.07. The molecule has 3 nitrogen and oxygen atoms in total. The lowest BCUT2D eigenvalue weighted by atomic mass is 10.1. The maximum atomic E-state index is 13.2. The predicted molar refractivity (Wildman–Crippen MR) is 104 cm³/mol. The fourth-order valence-electron chi connectivity index (χ4n) is 2.84. The molecular formula is C21H17FN2OS. The molecule has 0 atom stereocenters. The summed E-state index contributed by atoms with van der Waals surface area (Å²) < 4.78 is 14.4. The molecule has 0 aliphatic heterocycles. The van der Waals surface area contributed by atoms with Gasteiger partial charge in [-0.05, 0) is 48.0 Å². The van der Waals surface area contributed by atoms with E-state index in [2.05, 4.69) is 16.4 Å². The number of nitrogens with zero attached hydrogens (tertiary/aromatic N) is 1. The van der Waals surface area contributed by atoms with E-state index in [-0.39, 0.29) is 11.6 Å². The quantitative estimate of drug-likeness (QED) is 0.518. The molecule has 4 rings (SSSR count). The number of aromatic hydroxyl groups is 1. The second kappa shape index (κ2) is 7.23. The Morgan fingerprint density at radius 2 is 1.85 bits per heavy atom. The number of benzene rings is 3. The summed E-state index contributed by atoms with van der Waals surface area (Å²) in [5.41, 5.74) is 3.61. The van der Waals surface area contributed by atoms with E-state index in [0.717, 1.165) is 31.9 Å². The van der Waals surface area contributed by atoms with E-state index in [4.69, 9.17) is 0 Å². The molecule has 0 unspecified atom stereocenters. The Kier molecular flexibility index (Phi) is 4.65. The van der Waals surface area contributed by atoms with Crippen molar-refractivity contribution in [1.82, 2.24) is 10.3 Å². The molecule has 0 fully saturated rings. The Hall–Kier alpha value is -2.76. The number of rotatable bonds is 5. The zero-order chi connectivity index (χ0) is 17.9. The predicted octanol–water partition coefficient (Wildman–Crippen LogP) is 5.10. The molecule has 0 saturated carbocycles. The van der Waals surface area contributed by atoms with Gasteiger partial charge in [0.1, 0.15) is 16.6 Å². The van der Waals surface area contributed by atoms with Crippen LogP contribution in [-0.2, 0) is 13.1 Å². The third kappa shape index (κ3) is 3.59. The van der Waals surface area contributed by atoms with Crippen LogP contribution in [0.15, 0.2) is 66.7 Å². The molecule has 2 N–H and O–H groups in total. The van der Waals surface area contributed by atoms with Gasteiger partial charge < -0.3 is 10.4 Å². The Balaban J connectivity index is 1.52. The highest BCUT2D eigenvalue weighted by atomic mass is 32.1. The van der Waals surface area contributed by atoms with Crippen LogP contribution in [0.1, 0.15) is 11.1 Å². The first-order chi connectivity index (χ1) is 12.7. The van der Waals surface area contributed by atoms with Gasteiger partial charge in [-0.1, -0.05) is 24.3 Å². The number of phenolic OH excluding ortho intramolecular Hbond substituents is 1. The van der Waals surface area contributed by atoms with E-state index in [1.165, 1.54) is 12.1 Å². The van der Waals surface area contributed by atoms with Crippen LogP contribution in [0.4, 0.5) is 4.39 Å². The topological polar surface area (TPSA) is 45.2 Å². The van der Waals surface area contributed by atoms with Crippen LogP contribution in [0, 0.1) is 5.82 Å². The Morgan fingerprint density at radius 1 is 0.962 bits per heavy atom. The fraction of sp³-hybridized carbons (Fsp3) is 0.0952. The monoisotopic (exact) mass is 364 g/mol. The molecule has 0 aliphatic carbocycles. The lowest BCUT2D eigenvalue weighted by molar-refractivity contribution is 0.464. The average molecular weight is 364 g/mol. The van der Waals surface area contributed by atoms with Crippen molar-refractivity contribution in [3.63, 3.8) is 0 Å². The highest BCUT2D eigenvalue weighted by Gasteiger charge is 2.09. The molecule has 26 heavy (non-hydrogen) atoms. The SMILES string of the molecule is Oc1ccc(-c2nc3ccccc3s2)cc1CNCc1cccc(F)c1. The van der Waals surface area contributed by atoms with Crippen molar-refractivity contribution in [3.8, 4) is 16.3 Å². The molecule has 0 saturated heterocycles. The van der Waals surface area contributed by atoms with Gasteiger partial charge in [0.05, 0.1) is 10.2 Å². The number of thiazole rings is 1. The first kappa shape index (κ1) is 16.7. The van der Waals surface area contributed by atoms with Gasteiger partial charge in [-0.25, -0.2) is 9.37 Å². The van der Waals surface area contributed by atoms with Crippen LogP contribution in [-0.4, -0.2) is 10.1 Å².